The maximum Gasteiger partial charge on any atom is 0.275 e. The van der Waals surface area contributed by atoms with Crippen LogP contribution in [0.1, 0.15) is 15.9 Å². The lowest BCUT2D eigenvalue weighted by molar-refractivity contribution is -0.384. The number of rotatable bonds is 6. The first kappa shape index (κ1) is 20.7. The van der Waals surface area contributed by atoms with Crippen molar-refractivity contribution in [1.29, 1.82) is 0 Å². The van der Waals surface area contributed by atoms with Crippen molar-refractivity contribution >= 4 is 39.4 Å². The van der Waals surface area contributed by atoms with E-state index in [4.69, 9.17) is 9.47 Å². The van der Waals surface area contributed by atoms with Crippen LogP contribution in [0.5, 0.6) is 5.75 Å². The molecule has 1 aliphatic heterocycles. The lowest BCUT2D eigenvalue weighted by Crippen LogP contribution is -2.36. The first-order valence-electron chi connectivity index (χ1n) is 8.77. The Balaban J connectivity index is 1.83. The lowest BCUT2D eigenvalue weighted by atomic mass is 10.1. The molecule has 1 heterocycles. The number of hydrazone groups is 1. The number of hydrogen-bond donors (Lipinski definition) is 1. The van der Waals surface area contributed by atoms with Crippen molar-refractivity contribution in [1.82, 2.24) is 5.43 Å². The molecule has 0 bridgehead atoms. The second kappa shape index (κ2) is 9.48. The highest BCUT2D eigenvalue weighted by Gasteiger charge is 2.17. The van der Waals surface area contributed by atoms with Crippen molar-refractivity contribution in [3.8, 4) is 5.75 Å². The number of non-ortho nitro benzene ring substituents is 1. The van der Waals surface area contributed by atoms with E-state index in [1.54, 1.807) is 24.3 Å². The van der Waals surface area contributed by atoms with Gasteiger partial charge in [-0.2, -0.15) is 5.10 Å². The number of nitrogens with zero attached hydrogens (tertiary/aromatic N) is 3. The minimum absolute atomic E-state index is 0.0524. The van der Waals surface area contributed by atoms with E-state index < -0.39 is 10.8 Å². The van der Waals surface area contributed by atoms with Crippen molar-refractivity contribution in [2.24, 2.45) is 5.10 Å². The Morgan fingerprint density at radius 1 is 1.31 bits per heavy atom. The number of methoxy groups -OCH3 is 1. The third kappa shape index (κ3) is 5.09. The number of halogens is 1. The van der Waals surface area contributed by atoms with Crippen molar-refractivity contribution in [3.63, 3.8) is 0 Å². The summed E-state index contributed by atoms with van der Waals surface area (Å²) in [5.41, 5.74) is 4.02. The Kier molecular flexibility index (Phi) is 6.78. The topological polar surface area (TPSA) is 106 Å². The quantitative estimate of drug-likeness (QED) is 0.401. The molecule has 2 aromatic rings. The van der Waals surface area contributed by atoms with E-state index in [9.17, 15) is 14.9 Å². The number of morpholine rings is 1. The smallest absolute Gasteiger partial charge is 0.275 e. The molecular formula is C19H19BrN4O5. The minimum Gasteiger partial charge on any atom is -0.496 e. The number of benzene rings is 2. The number of ether oxygens (including phenoxy) is 2. The molecule has 9 nitrogen and oxygen atoms in total. The van der Waals surface area contributed by atoms with Gasteiger partial charge < -0.3 is 14.4 Å². The number of amides is 1. The molecule has 0 saturated carbocycles. The summed E-state index contributed by atoms with van der Waals surface area (Å²) in [6, 6.07) is 9.61. The van der Waals surface area contributed by atoms with Crippen LogP contribution in [-0.2, 0) is 4.74 Å². The molecule has 3 rings (SSSR count). The second-order valence-electron chi connectivity index (χ2n) is 6.14. The largest absolute Gasteiger partial charge is 0.496 e. The molecule has 0 unspecified atom stereocenters. The Hall–Kier alpha value is -2.98. The molecule has 1 amide bonds. The zero-order valence-corrected chi connectivity index (χ0v) is 17.2. The van der Waals surface area contributed by atoms with E-state index in [-0.39, 0.29) is 5.69 Å². The van der Waals surface area contributed by atoms with Crippen LogP contribution in [0.4, 0.5) is 11.4 Å². The van der Waals surface area contributed by atoms with E-state index in [1.165, 1.54) is 25.5 Å². The zero-order valence-electron chi connectivity index (χ0n) is 15.6. The normalized spacial score (nSPS) is 14.1. The number of anilines is 1. The average Bonchev–Trinajstić information content (AvgIpc) is 2.74. The molecule has 0 spiro atoms. The summed E-state index contributed by atoms with van der Waals surface area (Å²) in [6.07, 6.45) is 1.40. The van der Waals surface area contributed by atoms with Gasteiger partial charge in [0.25, 0.3) is 11.6 Å². The van der Waals surface area contributed by atoms with Gasteiger partial charge in [0.2, 0.25) is 0 Å². The van der Waals surface area contributed by atoms with Crippen LogP contribution >= 0.6 is 15.9 Å². The summed E-state index contributed by atoms with van der Waals surface area (Å²) in [5, 5.41) is 15.2. The third-order valence-electron chi connectivity index (χ3n) is 4.35. The second-order valence-corrected chi connectivity index (χ2v) is 7.06. The zero-order chi connectivity index (χ0) is 20.8. The van der Waals surface area contributed by atoms with Crippen LogP contribution in [0.15, 0.2) is 46.0 Å². The number of nitro groups is 1. The van der Waals surface area contributed by atoms with Crippen LogP contribution in [0.25, 0.3) is 0 Å². The van der Waals surface area contributed by atoms with Crippen LogP contribution in [0.3, 0.4) is 0 Å². The van der Waals surface area contributed by atoms with Gasteiger partial charge in [0.1, 0.15) is 5.75 Å². The minimum atomic E-state index is -0.467. The van der Waals surface area contributed by atoms with E-state index >= 15 is 0 Å². The Morgan fingerprint density at radius 2 is 2.07 bits per heavy atom. The fourth-order valence-electron chi connectivity index (χ4n) is 2.93. The summed E-state index contributed by atoms with van der Waals surface area (Å²) in [7, 11) is 1.47. The van der Waals surface area contributed by atoms with Gasteiger partial charge in [-0.05, 0) is 24.3 Å². The van der Waals surface area contributed by atoms with Crippen LogP contribution < -0.4 is 15.1 Å². The number of hydrogen-bond acceptors (Lipinski definition) is 7. The highest BCUT2D eigenvalue weighted by atomic mass is 79.9. The molecule has 0 atom stereocenters. The number of carbonyl (C=O) groups excluding carboxylic acids is 1. The maximum atomic E-state index is 12.5. The number of nitrogens with one attached hydrogen (secondary N) is 1. The fourth-order valence-corrected chi connectivity index (χ4v) is 3.29. The summed E-state index contributed by atoms with van der Waals surface area (Å²) in [4.78, 5) is 25.2. The van der Waals surface area contributed by atoms with E-state index in [0.717, 1.165) is 10.2 Å². The van der Waals surface area contributed by atoms with Crippen LogP contribution in [-0.4, -0.2) is 50.5 Å². The van der Waals surface area contributed by atoms with E-state index in [2.05, 4.69) is 31.4 Å². The average molecular weight is 463 g/mol. The molecule has 2 aromatic carbocycles. The van der Waals surface area contributed by atoms with Crippen molar-refractivity contribution in [2.45, 2.75) is 0 Å². The molecule has 10 heteroatoms. The Labute approximate surface area is 175 Å². The van der Waals surface area contributed by atoms with Gasteiger partial charge >= 0.3 is 0 Å². The SMILES string of the molecule is COc1ccc(Br)cc1C(=O)N/N=C\c1cc([N+](=O)[O-])ccc1N1CCOCC1. The van der Waals surface area contributed by atoms with Crippen LogP contribution in [0, 0.1) is 10.1 Å². The van der Waals surface area contributed by atoms with Crippen molar-refractivity contribution in [3.05, 3.63) is 62.1 Å². The van der Waals surface area contributed by atoms with E-state index in [1.807, 2.05) is 0 Å². The number of nitro benzene ring substituents is 1. The Bertz CT molecular complexity index is 944. The maximum absolute atomic E-state index is 12.5. The predicted octanol–water partition coefficient (Wildman–Crippen LogP) is 2.97. The van der Waals surface area contributed by atoms with Crippen molar-refractivity contribution in [2.75, 3.05) is 38.3 Å². The molecule has 29 heavy (non-hydrogen) atoms. The van der Waals surface area contributed by atoms with Crippen molar-refractivity contribution < 1.29 is 19.2 Å². The number of carbonyl (C=O) groups is 1. The highest BCUT2D eigenvalue weighted by Crippen LogP contribution is 2.25. The third-order valence-corrected chi connectivity index (χ3v) is 4.84. The molecular weight excluding hydrogens is 444 g/mol. The van der Waals surface area contributed by atoms with E-state index in [0.29, 0.717) is 43.2 Å². The molecule has 1 aliphatic rings. The summed E-state index contributed by atoms with van der Waals surface area (Å²) in [5.74, 6) is -0.0528. The Morgan fingerprint density at radius 3 is 2.76 bits per heavy atom. The van der Waals surface area contributed by atoms with Gasteiger partial charge in [-0.3, -0.25) is 14.9 Å². The fraction of sp³-hybridized carbons (Fsp3) is 0.263. The molecule has 152 valence electrons. The summed E-state index contributed by atoms with van der Waals surface area (Å²) in [6.45, 7) is 2.49. The van der Waals surface area contributed by atoms with Gasteiger partial charge in [0.15, 0.2) is 0 Å². The summed E-state index contributed by atoms with van der Waals surface area (Å²) >= 11 is 3.32. The highest BCUT2D eigenvalue weighted by molar-refractivity contribution is 9.10. The van der Waals surface area contributed by atoms with Gasteiger partial charge in [-0.1, -0.05) is 15.9 Å². The lowest BCUT2D eigenvalue weighted by Gasteiger charge is -2.29. The summed E-state index contributed by atoms with van der Waals surface area (Å²) < 4.78 is 11.3. The monoisotopic (exact) mass is 462 g/mol. The molecule has 0 radical (unpaired) electrons. The van der Waals surface area contributed by atoms with Gasteiger partial charge in [-0.15, -0.1) is 0 Å². The molecule has 0 aromatic heterocycles. The molecule has 1 fully saturated rings. The first-order chi connectivity index (χ1) is 14.0. The van der Waals surface area contributed by atoms with Crippen LogP contribution in [0.2, 0.25) is 0 Å². The van der Waals surface area contributed by atoms with Gasteiger partial charge in [0, 0.05) is 40.9 Å². The molecule has 1 N–H and O–H groups in total. The molecule has 0 aliphatic carbocycles. The molecule has 1 saturated heterocycles. The van der Waals surface area contributed by atoms with Gasteiger partial charge in [0.05, 0.1) is 37.0 Å². The van der Waals surface area contributed by atoms with Gasteiger partial charge in [-0.25, -0.2) is 5.43 Å². The standard InChI is InChI=1S/C19H19BrN4O5/c1-28-18-5-2-14(20)11-16(18)19(25)22-21-12-13-10-15(24(26)27)3-4-17(13)23-6-8-29-9-7-23/h2-5,10-12H,6-9H2,1H3,(H,22,25)/b21-12-. The first-order valence-corrected chi connectivity index (χ1v) is 9.57. The predicted molar refractivity (Wildman–Crippen MR) is 112 cm³/mol.